The fourth-order valence-electron chi connectivity index (χ4n) is 1.90. The molecule has 1 aromatic rings. The van der Waals surface area contributed by atoms with E-state index in [-0.39, 0.29) is 12.5 Å². The van der Waals surface area contributed by atoms with E-state index in [1.807, 2.05) is 24.3 Å². The molecule has 0 atom stereocenters. The number of hydrogen-bond acceptors (Lipinski definition) is 3. The molecule has 4 nitrogen and oxygen atoms in total. The molecule has 2 aliphatic rings. The molecule has 2 aliphatic carbocycles. The van der Waals surface area contributed by atoms with Gasteiger partial charge in [0.2, 0.25) is 0 Å². The fourth-order valence-corrected chi connectivity index (χ4v) is 1.90. The quantitative estimate of drug-likeness (QED) is 0.783. The predicted octanol–water partition coefficient (Wildman–Crippen LogP) is 1.60. The SMILES string of the molecule is O=C(COc1ccc(CNC2CC2)cc1)NC1CC1. The Kier molecular flexibility index (Phi) is 3.69. The van der Waals surface area contributed by atoms with Gasteiger partial charge in [0.15, 0.2) is 6.61 Å². The van der Waals surface area contributed by atoms with Crippen molar-refractivity contribution in [1.29, 1.82) is 0 Å². The lowest BCUT2D eigenvalue weighted by molar-refractivity contribution is -0.123. The van der Waals surface area contributed by atoms with Gasteiger partial charge in [-0.2, -0.15) is 0 Å². The largest absolute Gasteiger partial charge is 0.484 e. The molecule has 2 saturated carbocycles. The molecule has 2 fully saturated rings. The van der Waals surface area contributed by atoms with E-state index >= 15 is 0 Å². The lowest BCUT2D eigenvalue weighted by atomic mass is 10.2. The van der Waals surface area contributed by atoms with Crippen LogP contribution in [0.25, 0.3) is 0 Å². The van der Waals surface area contributed by atoms with Crippen LogP contribution in [0.3, 0.4) is 0 Å². The Hall–Kier alpha value is -1.55. The van der Waals surface area contributed by atoms with Crippen molar-refractivity contribution in [3.63, 3.8) is 0 Å². The zero-order valence-corrected chi connectivity index (χ0v) is 11.0. The van der Waals surface area contributed by atoms with Gasteiger partial charge in [0.05, 0.1) is 0 Å². The molecule has 0 unspecified atom stereocenters. The fraction of sp³-hybridized carbons (Fsp3) is 0.533. The number of amides is 1. The van der Waals surface area contributed by atoms with Crippen molar-refractivity contribution in [3.05, 3.63) is 29.8 Å². The molecule has 1 aromatic carbocycles. The maximum absolute atomic E-state index is 11.5. The van der Waals surface area contributed by atoms with Gasteiger partial charge in [-0.3, -0.25) is 4.79 Å². The maximum Gasteiger partial charge on any atom is 0.258 e. The second-order valence-corrected chi connectivity index (χ2v) is 5.43. The number of carbonyl (C=O) groups excluding carboxylic acids is 1. The number of nitrogens with one attached hydrogen (secondary N) is 2. The summed E-state index contributed by atoms with van der Waals surface area (Å²) in [6, 6.07) is 9.06. The molecular formula is C15H20N2O2. The molecule has 19 heavy (non-hydrogen) atoms. The Morgan fingerprint density at radius 3 is 2.42 bits per heavy atom. The van der Waals surface area contributed by atoms with E-state index in [0.717, 1.165) is 31.2 Å². The predicted molar refractivity (Wildman–Crippen MR) is 73.0 cm³/mol. The minimum absolute atomic E-state index is 0.0259. The van der Waals surface area contributed by atoms with Crippen molar-refractivity contribution in [3.8, 4) is 5.75 Å². The molecule has 0 heterocycles. The highest BCUT2D eigenvalue weighted by atomic mass is 16.5. The lowest BCUT2D eigenvalue weighted by Gasteiger charge is -2.08. The highest BCUT2D eigenvalue weighted by molar-refractivity contribution is 5.78. The van der Waals surface area contributed by atoms with Crippen LogP contribution in [0.15, 0.2) is 24.3 Å². The highest BCUT2D eigenvalue weighted by Gasteiger charge is 2.23. The first-order valence-electron chi connectivity index (χ1n) is 7.04. The number of carbonyl (C=O) groups is 1. The van der Waals surface area contributed by atoms with Crippen LogP contribution in [0.5, 0.6) is 5.75 Å². The molecule has 0 spiro atoms. The molecule has 0 aromatic heterocycles. The monoisotopic (exact) mass is 260 g/mol. The summed E-state index contributed by atoms with van der Waals surface area (Å²) < 4.78 is 5.46. The van der Waals surface area contributed by atoms with Gasteiger partial charge in [-0.15, -0.1) is 0 Å². The average molecular weight is 260 g/mol. The molecular weight excluding hydrogens is 240 g/mol. The minimum Gasteiger partial charge on any atom is -0.484 e. The molecule has 0 bridgehead atoms. The van der Waals surface area contributed by atoms with E-state index in [2.05, 4.69) is 10.6 Å². The number of hydrogen-bond donors (Lipinski definition) is 2. The van der Waals surface area contributed by atoms with Crippen LogP contribution in [-0.4, -0.2) is 24.6 Å². The first-order chi connectivity index (χ1) is 9.29. The Morgan fingerprint density at radius 1 is 1.11 bits per heavy atom. The summed E-state index contributed by atoms with van der Waals surface area (Å²) in [6.45, 7) is 1.02. The third kappa shape index (κ3) is 4.24. The summed E-state index contributed by atoms with van der Waals surface area (Å²) in [4.78, 5) is 11.5. The second-order valence-electron chi connectivity index (χ2n) is 5.43. The van der Waals surface area contributed by atoms with Gasteiger partial charge in [-0.05, 0) is 43.4 Å². The van der Waals surface area contributed by atoms with Crippen LogP contribution in [0.1, 0.15) is 31.2 Å². The first kappa shape index (κ1) is 12.5. The number of ether oxygens (including phenoxy) is 1. The van der Waals surface area contributed by atoms with Gasteiger partial charge >= 0.3 is 0 Å². The Labute approximate surface area is 113 Å². The van der Waals surface area contributed by atoms with Crippen LogP contribution >= 0.6 is 0 Å². The van der Waals surface area contributed by atoms with Crippen molar-refractivity contribution in [1.82, 2.24) is 10.6 Å². The van der Waals surface area contributed by atoms with E-state index in [1.54, 1.807) is 0 Å². The minimum atomic E-state index is -0.0259. The van der Waals surface area contributed by atoms with E-state index in [0.29, 0.717) is 6.04 Å². The Balaban J connectivity index is 1.40. The molecule has 1 amide bonds. The molecule has 0 radical (unpaired) electrons. The maximum atomic E-state index is 11.5. The van der Waals surface area contributed by atoms with Crippen molar-refractivity contribution in [2.24, 2.45) is 0 Å². The van der Waals surface area contributed by atoms with E-state index in [4.69, 9.17) is 4.74 Å². The van der Waals surface area contributed by atoms with Crippen LogP contribution in [0.4, 0.5) is 0 Å². The third-order valence-electron chi connectivity index (χ3n) is 3.41. The molecule has 2 N–H and O–H groups in total. The Morgan fingerprint density at radius 2 is 1.79 bits per heavy atom. The van der Waals surface area contributed by atoms with Crippen molar-refractivity contribution < 1.29 is 9.53 Å². The normalized spacial score (nSPS) is 18.1. The van der Waals surface area contributed by atoms with Crippen LogP contribution in [-0.2, 0) is 11.3 Å². The van der Waals surface area contributed by atoms with Gasteiger partial charge in [-0.1, -0.05) is 12.1 Å². The number of benzene rings is 1. The second kappa shape index (κ2) is 5.61. The van der Waals surface area contributed by atoms with Crippen LogP contribution in [0.2, 0.25) is 0 Å². The van der Waals surface area contributed by atoms with Crippen LogP contribution in [0, 0.1) is 0 Å². The first-order valence-corrected chi connectivity index (χ1v) is 7.04. The van der Waals surface area contributed by atoms with Crippen molar-refractivity contribution in [2.45, 2.75) is 44.3 Å². The van der Waals surface area contributed by atoms with Gasteiger partial charge in [-0.25, -0.2) is 0 Å². The number of rotatable bonds is 7. The van der Waals surface area contributed by atoms with Gasteiger partial charge in [0.25, 0.3) is 5.91 Å². The molecule has 0 aliphatic heterocycles. The standard InChI is InChI=1S/C15H20N2O2/c18-15(17-13-5-6-13)10-19-14-7-1-11(2-8-14)9-16-12-3-4-12/h1-2,7-8,12-13,16H,3-6,9-10H2,(H,17,18). The van der Waals surface area contributed by atoms with Gasteiger partial charge < -0.3 is 15.4 Å². The zero-order chi connectivity index (χ0) is 13.1. The van der Waals surface area contributed by atoms with Gasteiger partial charge in [0, 0.05) is 18.6 Å². The molecule has 4 heteroatoms. The summed E-state index contributed by atoms with van der Waals surface area (Å²) >= 11 is 0. The van der Waals surface area contributed by atoms with Crippen LogP contribution < -0.4 is 15.4 Å². The molecule has 0 saturated heterocycles. The van der Waals surface area contributed by atoms with Gasteiger partial charge in [0.1, 0.15) is 5.75 Å². The Bertz CT molecular complexity index is 436. The zero-order valence-electron chi connectivity index (χ0n) is 11.0. The highest BCUT2D eigenvalue weighted by Crippen LogP contribution is 2.20. The smallest absolute Gasteiger partial charge is 0.258 e. The topological polar surface area (TPSA) is 50.4 Å². The average Bonchev–Trinajstić information content (AvgIpc) is 3.30. The lowest BCUT2D eigenvalue weighted by Crippen LogP contribution is -2.30. The summed E-state index contributed by atoms with van der Waals surface area (Å²) in [5, 5.41) is 6.37. The van der Waals surface area contributed by atoms with E-state index in [1.165, 1.54) is 18.4 Å². The van der Waals surface area contributed by atoms with E-state index in [9.17, 15) is 4.79 Å². The summed E-state index contributed by atoms with van der Waals surface area (Å²) in [5.41, 5.74) is 1.25. The molecule has 102 valence electrons. The van der Waals surface area contributed by atoms with E-state index < -0.39 is 0 Å². The summed E-state index contributed by atoms with van der Waals surface area (Å²) in [6.07, 6.45) is 4.82. The molecule has 3 rings (SSSR count). The van der Waals surface area contributed by atoms with Crippen molar-refractivity contribution >= 4 is 5.91 Å². The summed E-state index contributed by atoms with van der Waals surface area (Å²) in [5.74, 6) is 0.725. The van der Waals surface area contributed by atoms with Crippen molar-refractivity contribution in [2.75, 3.05) is 6.61 Å². The third-order valence-corrected chi connectivity index (χ3v) is 3.41. The summed E-state index contributed by atoms with van der Waals surface area (Å²) in [7, 11) is 0.